The van der Waals surface area contributed by atoms with E-state index in [1.165, 1.54) is 0 Å². The maximum absolute atomic E-state index is 14.9. The van der Waals surface area contributed by atoms with Crippen LogP contribution in [0.15, 0.2) is 42.5 Å². The van der Waals surface area contributed by atoms with Gasteiger partial charge in [0.25, 0.3) is 11.8 Å². The van der Waals surface area contributed by atoms with E-state index in [1.807, 2.05) is 5.32 Å². The monoisotopic (exact) mass is 453 g/mol. The van der Waals surface area contributed by atoms with Crippen LogP contribution in [-0.2, 0) is 11.0 Å². The van der Waals surface area contributed by atoms with Gasteiger partial charge in [-0.25, -0.2) is 13.6 Å². The zero-order chi connectivity index (χ0) is 23.3. The summed E-state index contributed by atoms with van der Waals surface area (Å²) in [5, 5.41) is 6.59. The van der Waals surface area contributed by atoms with Crippen molar-refractivity contribution in [3.63, 3.8) is 0 Å². The fourth-order valence-electron chi connectivity index (χ4n) is 3.73. The Morgan fingerprint density at radius 1 is 1.06 bits per heavy atom. The van der Waals surface area contributed by atoms with Gasteiger partial charge in [0, 0.05) is 5.56 Å². The number of alkyl halides is 4. The first-order valence-electron chi connectivity index (χ1n) is 9.53. The molecule has 32 heavy (non-hydrogen) atoms. The smallest absolute Gasteiger partial charge is 0.349 e. The number of imide groups is 1. The summed E-state index contributed by atoms with van der Waals surface area (Å²) in [6.45, 7) is -0.566. The van der Waals surface area contributed by atoms with Gasteiger partial charge >= 0.3 is 12.2 Å². The Bertz CT molecular complexity index is 1110. The highest BCUT2D eigenvalue weighted by Crippen LogP contribution is 2.49. The SMILES string of the molecule is O=C1NC(=O)[C@](CNC(=O)c2ccc(F)cc2-c2ccc(C(F)(F)F)cc2)(C2(F)CC2)N1. The molecule has 1 aliphatic heterocycles. The summed E-state index contributed by atoms with van der Waals surface area (Å²) in [4.78, 5) is 36.7. The number of hydrogen-bond acceptors (Lipinski definition) is 3. The molecular weight excluding hydrogens is 437 g/mol. The van der Waals surface area contributed by atoms with Crippen LogP contribution < -0.4 is 16.0 Å². The molecule has 11 heteroatoms. The van der Waals surface area contributed by atoms with E-state index in [1.54, 1.807) is 0 Å². The second kappa shape index (κ2) is 7.28. The molecule has 2 aromatic carbocycles. The third-order valence-electron chi connectivity index (χ3n) is 5.66. The van der Waals surface area contributed by atoms with Crippen LogP contribution in [-0.4, -0.2) is 35.6 Å². The summed E-state index contributed by atoms with van der Waals surface area (Å²) < 4.78 is 67.2. The van der Waals surface area contributed by atoms with Crippen molar-refractivity contribution < 1.29 is 36.3 Å². The Morgan fingerprint density at radius 3 is 2.25 bits per heavy atom. The van der Waals surface area contributed by atoms with Crippen molar-refractivity contribution in [1.82, 2.24) is 16.0 Å². The minimum atomic E-state index is -4.56. The highest BCUT2D eigenvalue weighted by atomic mass is 19.4. The molecule has 4 amide bonds. The first-order valence-corrected chi connectivity index (χ1v) is 9.53. The topological polar surface area (TPSA) is 87.3 Å². The second-order valence-electron chi connectivity index (χ2n) is 7.73. The molecule has 0 radical (unpaired) electrons. The highest BCUT2D eigenvalue weighted by molar-refractivity contribution is 6.09. The first-order chi connectivity index (χ1) is 14.9. The Morgan fingerprint density at radius 2 is 1.72 bits per heavy atom. The third kappa shape index (κ3) is 3.67. The molecule has 0 bridgehead atoms. The van der Waals surface area contributed by atoms with Crippen molar-refractivity contribution in [2.45, 2.75) is 30.2 Å². The molecular formula is C21H16F5N3O3. The van der Waals surface area contributed by atoms with Gasteiger partial charge in [-0.2, -0.15) is 13.2 Å². The first kappa shape index (κ1) is 21.7. The summed E-state index contributed by atoms with van der Waals surface area (Å²) in [5.74, 6) is -2.46. The number of halogens is 5. The average Bonchev–Trinajstić information content (AvgIpc) is 3.41. The lowest BCUT2D eigenvalue weighted by atomic mass is 9.90. The van der Waals surface area contributed by atoms with Gasteiger partial charge in [-0.05, 0) is 54.3 Å². The van der Waals surface area contributed by atoms with Gasteiger partial charge in [0.15, 0.2) is 5.54 Å². The van der Waals surface area contributed by atoms with Crippen LogP contribution in [0.4, 0.5) is 26.7 Å². The number of hydrogen-bond donors (Lipinski definition) is 3. The molecule has 168 valence electrons. The summed E-state index contributed by atoms with van der Waals surface area (Å²) in [6.07, 6.45) is -4.53. The number of urea groups is 1. The summed E-state index contributed by atoms with van der Waals surface area (Å²) >= 11 is 0. The Hall–Kier alpha value is -3.50. The van der Waals surface area contributed by atoms with Crippen LogP contribution in [0.25, 0.3) is 11.1 Å². The Balaban J connectivity index is 1.61. The van der Waals surface area contributed by atoms with Crippen LogP contribution in [0.5, 0.6) is 0 Å². The molecule has 1 saturated carbocycles. The molecule has 1 saturated heterocycles. The van der Waals surface area contributed by atoms with E-state index in [2.05, 4.69) is 10.6 Å². The van der Waals surface area contributed by atoms with Crippen molar-refractivity contribution in [2.24, 2.45) is 0 Å². The van der Waals surface area contributed by atoms with E-state index in [0.29, 0.717) is 0 Å². The molecule has 1 heterocycles. The van der Waals surface area contributed by atoms with Gasteiger partial charge in [-0.15, -0.1) is 0 Å². The van der Waals surface area contributed by atoms with Gasteiger partial charge < -0.3 is 10.6 Å². The molecule has 2 aliphatic rings. The van der Waals surface area contributed by atoms with Crippen molar-refractivity contribution in [1.29, 1.82) is 0 Å². The van der Waals surface area contributed by atoms with Crippen LogP contribution in [0.2, 0.25) is 0 Å². The lowest BCUT2D eigenvalue weighted by molar-refractivity contribution is -0.137. The molecule has 2 aromatic rings. The molecule has 0 spiro atoms. The Labute approximate surface area is 178 Å². The van der Waals surface area contributed by atoms with Gasteiger partial charge in [-0.3, -0.25) is 14.9 Å². The lowest BCUT2D eigenvalue weighted by Crippen LogP contribution is -2.62. The third-order valence-corrected chi connectivity index (χ3v) is 5.66. The van der Waals surface area contributed by atoms with Gasteiger partial charge in [0.05, 0.1) is 12.1 Å². The summed E-state index contributed by atoms with van der Waals surface area (Å²) in [7, 11) is 0. The molecule has 1 atom stereocenters. The molecule has 0 unspecified atom stereocenters. The molecule has 1 aliphatic carbocycles. The number of carbonyl (C=O) groups is 3. The highest BCUT2D eigenvalue weighted by Gasteiger charge is 2.68. The minimum absolute atomic E-state index is 0.00608. The molecule has 6 nitrogen and oxygen atoms in total. The average molecular weight is 453 g/mol. The van der Waals surface area contributed by atoms with E-state index < -0.39 is 53.2 Å². The van der Waals surface area contributed by atoms with Gasteiger partial charge in [-0.1, -0.05) is 12.1 Å². The maximum Gasteiger partial charge on any atom is 0.416 e. The fourth-order valence-corrected chi connectivity index (χ4v) is 3.73. The van der Waals surface area contributed by atoms with E-state index >= 15 is 0 Å². The van der Waals surface area contributed by atoms with Crippen LogP contribution in [0.3, 0.4) is 0 Å². The number of carbonyl (C=O) groups excluding carboxylic acids is 3. The minimum Gasteiger partial charge on any atom is -0.349 e. The van der Waals surface area contributed by atoms with Gasteiger partial charge in [0.2, 0.25) is 0 Å². The Kier molecular flexibility index (Phi) is 4.94. The second-order valence-corrected chi connectivity index (χ2v) is 7.73. The van der Waals surface area contributed by atoms with E-state index in [-0.39, 0.29) is 29.5 Å². The zero-order valence-electron chi connectivity index (χ0n) is 16.3. The normalized spacial score (nSPS) is 21.7. The molecule has 4 rings (SSSR count). The van der Waals surface area contributed by atoms with Crippen molar-refractivity contribution in [3.05, 3.63) is 59.4 Å². The quantitative estimate of drug-likeness (QED) is 0.480. The van der Waals surface area contributed by atoms with Gasteiger partial charge in [0.1, 0.15) is 11.5 Å². The van der Waals surface area contributed by atoms with Crippen LogP contribution in [0, 0.1) is 5.82 Å². The van der Waals surface area contributed by atoms with Crippen molar-refractivity contribution in [3.8, 4) is 11.1 Å². The predicted octanol–water partition coefficient (Wildman–Crippen LogP) is 3.32. The lowest BCUT2D eigenvalue weighted by Gasteiger charge is -2.30. The summed E-state index contributed by atoms with van der Waals surface area (Å²) in [6, 6.07) is 6.00. The number of benzene rings is 2. The maximum atomic E-state index is 14.9. The van der Waals surface area contributed by atoms with Crippen molar-refractivity contribution >= 4 is 17.8 Å². The molecule has 3 N–H and O–H groups in total. The van der Waals surface area contributed by atoms with Crippen LogP contribution >= 0.6 is 0 Å². The zero-order valence-corrected chi connectivity index (χ0v) is 16.3. The van der Waals surface area contributed by atoms with E-state index in [4.69, 9.17) is 0 Å². The van der Waals surface area contributed by atoms with Crippen LogP contribution in [0.1, 0.15) is 28.8 Å². The number of amides is 4. The number of rotatable bonds is 5. The van der Waals surface area contributed by atoms with E-state index in [0.717, 1.165) is 42.5 Å². The largest absolute Gasteiger partial charge is 0.416 e. The molecule has 0 aromatic heterocycles. The predicted molar refractivity (Wildman–Crippen MR) is 102 cm³/mol. The summed E-state index contributed by atoms with van der Waals surface area (Å²) in [5.41, 5.74) is -4.86. The molecule has 2 fully saturated rings. The van der Waals surface area contributed by atoms with Crippen molar-refractivity contribution in [2.75, 3.05) is 6.54 Å². The van der Waals surface area contributed by atoms with E-state index in [9.17, 15) is 36.3 Å². The number of nitrogens with one attached hydrogen (secondary N) is 3. The fraction of sp³-hybridized carbons (Fsp3) is 0.286. The standard InChI is InChI=1S/C21H16F5N3O3/c22-13-5-6-14(15(9-13)11-1-3-12(4-2-11)21(24,25)26)16(30)27-10-20(19(23)7-8-19)17(31)28-18(32)29-20/h1-6,9H,7-8,10H2,(H,27,30)(H2,28,29,31,32)/t20-/m1/s1.